The van der Waals surface area contributed by atoms with E-state index in [1.54, 1.807) is 6.26 Å². The molecule has 0 aliphatic heterocycles. The number of benzene rings is 1. The van der Waals surface area contributed by atoms with Gasteiger partial charge in [-0.2, -0.15) is 0 Å². The summed E-state index contributed by atoms with van der Waals surface area (Å²) in [6.07, 6.45) is 4.92. The van der Waals surface area contributed by atoms with E-state index >= 15 is 0 Å². The smallest absolute Gasteiger partial charge is 0.0498 e. The highest BCUT2D eigenvalue weighted by Gasteiger charge is 1.95. The summed E-state index contributed by atoms with van der Waals surface area (Å²) in [6.45, 7) is 4.26. The quantitative estimate of drug-likeness (QED) is 0.745. The molecule has 0 radical (unpaired) electrons. The van der Waals surface area contributed by atoms with Gasteiger partial charge in [-0.05, 0) is 31.0 Å². The third-order valence-electron chi connectivity index (χ3n) is 2.18. The predicted molar refractivity (Wildman–Crippen MR) is 62.7 cm³/mol. The van der Waals surface area contributed by atoms with Gasteiger partial charge in [0.1, 0.15) is 0 Å². The molecule has 76 valence electrons. The van der Waals surface area contributed by atoms with Crippen molar-refractivity contribution in [3.63, 3.8) is 0 Å². The fourth-order valence-corrected chi connectivity index (χ4v) is 1.66. The van der Waals surface area contributed by atoms with Crippen LogP contribution in [0.25, 0.3) is 6.08 Å². The Morgan fingerprint density at radius 1 is 1.36 bits per heavy atom. The monoisotopic (exact) mass is 208 g/mol. The highest BCUT2D eigenvalue weighted by Crippen LogP contribution is 2.12. The lowest BCUT2D eigenvalue weighted by atomic mass is 10.1. The molecule has 0 bridgehead atoms. The van der Waals surface area contributed by atoms with Gasteiger partial charge >= 0.3 is 0 Å². The highest BCUT2D eigenvalue weighted by atomic mass is 32.2. The first-order chi connectivity index (χ1) is 6.63. The van der Waals surface area contributed by atoms with E-state index in [0.29, 0.717) is 0 Å². The van der Waals surface area contributed by atoms with Gasteiger partial charge in [-0.25, -0.2) is 0 Å². The van der Waals surface area contributed by atoms with Crippen molar-refractivity contribution in [1.82, 2.24) is 0 Å². The molecule has 2 heteroatoms. The highest BCUT2D eigenvalue weighted by molar-refractivity contribution is 7.84. The molecule has 0 aliphatic rings. The summed E-state index contributed by atoms with van der Waals surface area (Å²) in [6, 6.07) is 7.86. The van der Waals surface area contributed by atoms with Crippen LogP contribution in [0.15, 0.2) is 34.7 Å². The van der Waals surface area contributed by atoms with Crippen molar-refractivity contribution < 1.29 is 4.21 Å². The molecule has 0 N–H and O–H groups in total. The van der Waals surface area contributed by atoms with Crippen LogP contribution in [-0.2, 0) is 10.8 Å². The third-order valence-corrected chi connectivity index (χ3v) is 3.12. The lowest BCUT2D eigenvalue weighted by Gasteiger charge is -1.99. The number of rotatable bonds is 3. The Hall–Kier alpha value is -0.890. The van der Waals surface area contributed by atoms with Crippen molar-refractivity contribution in [1.29, 1.82) is 0 Å². The first-order valence-corrected chi connectivity index (χ1v) is 6.30. The second kappa shape index (κ2) is 5.11. The maximum atomic E-state index is 11.1. The Balaban J connectivity index is 2.89. The Labute approximate surface area is 88.3 Å². The van der Waals surface area contributed by atoms with Crippen molar-refractivity contribution >= 4 is 16.9 Å². The molecule has 1 aromatic carbocycles. The van der Waals surface area contributed by atoms with Crippen LogP contribution in [0.5, 0.6) is 0 Å². The van der Waals surface area contributed by atoms with Gasteiger partial charge in [-0.3, -0.25) is 4.21 Å². The summed E-state index contributed by atoms with van der Waals surface area (Å²) < 4.78 is 11.1. The minimum atomic E-state index is -0.872. The van der Waals surface area contributed by atoms with E-state index in [1.165, 1.54) is 11.1 Å². The van der Waals surface area contributed by atoms with Gasteiger partial charge in [0.25, 0.3) is 0 Å². The van der Waals surface area contributed by atoms with Crippen LogP contribution in [0.3, 0.4) is 0 Å². The summed E-state index contributed by atoms with van der Waals surface area (Å²) in [7, 11) is -0.872. The van der Waals surface area contributed by atoms with Crippen LogP contribution in [0.1, 0.15) is 25.8 Å². The zero-order valence-electron chi connectivity index (χ0n) is 8.91. The molecule has 1 aromatic rings. The van der Waals surface area contributed by atoms with Gasteiger partial charge < -0.3 is 0 Å². The minimum absolute atomic E-state index is 0.872. The summed E-state index contributed by atoms with van der Waals surface area (Å²) in [5.41, 5.74) is 2.54. The molecule has 0 fully saturated rings. The molecule has 1 rings (SSSR count). The lowest BCUT2D eigenvalue weighted by molar-refractivity contribution is 0.687. The summed E-state index contributed by atoms with van der Waals surface area (Å²) in [5.74, 6) is 0. The molecular weight excluding hydrogens is 192 g/mol. The topological polar surface area (TPSA) is 17.1 Å². The number of hydrogen-bond acceptors (Lipinski definition) is 1. The fourth-order valence-electron chi connectivity index (χ4n) is 1.14. The van der Waals surface area contributed by atoms with Crippen LogP contribution in [0, 0.1) is 0 Å². The van der Waals surface area contributed by atoms with Crippen molar-refractivity contribution in [3.05, 3.63) is 35.4 Å². The van der Waals surface area contributed by atoms with Gasteiger partial charge in [-0.15, -0.1) is 0 Å². The first-order valence-electron chi connectivity index (χ1n) is 4.74. The third kappa shape index (κ3) is 3.11. The molecular formula is C12H16OS. The van der Waals surface area contributed by atoms with Crippen molar-refractivity contribution in [2.75, 3.05) is 6.26 Å². The second-order valence-electron chi connectivity index (χ2n) is 3.37. The maximum Gasteiger partial charge on any atom is 0.0498 e. The largest absolute Gasteiger partial charge is 0.255 e. The van der Waals surface area contributed by atoms with E-state index in [2.05, 4.69) is 19.9 Å². The van der Waals surface area contributed by atoms with Gasteiger partial charge in [0, 0.05) is 22.0 Å². The first kappa shape index (κ1) is 11.2. The molecule has 1 nitrogen and oxygen atoms in total. The average molecular weight is 208 g/mol. The number of allylic oxidation sites excluding steroid dienone is 1. The Kier molecular flexibility index (Phi) is 4.08. The summed E-state index contributed by atoms with van der Waals surface area (Å²) >= 11 is 0. The molecule has 0 amide bonds. The van der Waals surface area contributed by atoms with E-state index in [-0.39, 0.29) is 0 Å². The molecule has 1 unspecified atom stereocenters. The van der Waals surface area contributed by atoms with Gasteiger partial charge in [-0.1, -0.05) is 30.7 Å². The molecule has 0 aliphatic carbocycles. The Bertz CT molecular complexity index is 349. The van der Waals surface area contributed by atoms with Crippen molar-refractivity contribution in [2.24, 2.45) is 0 Å². The Morgan fingerprint density at radius 2 is 1.93 bits per heavy atom. The van der Waals surface area contributed by atoms with Gasteiger partial charge in [0.15, 0.2) is 0 Å². The average Bonchev–Trinajstić information content (AvgIpc) is 2.18. The van der Waals surface area contributed by atoms with E-state index in [9.17, 15) is 4.21 Å². The number of hydrogen-bond donors (Lipinski definition) is 0. The normalized spacial score (nSPS) is 14.1. The minimum Gasteiger partial charge on any atom is -0.255 e. The molecule has 0 saturated carbocycles. The summed E-state index contributed by atoms with van der Waals surface area (Å²) in [4.78, 5) is 0.885. The molecule has 14 heavy (non-hydrogen) atoms. The standard InChI is InChI=1S/C12H16OS/c1-4-10(2)9-11-5-7-12(8-6-11)14(3)13/h5-9H,4H2,1-3H3/b10-9+. The lowest BCUT2D eigenvalue weighted by Crippen LogP contribution is -1.86. The fraction of sp³-hybridized carbons (Fsp3) is 0.333. The van der Waals surface area contributed by atoms with Crippen LogP contribution in [0.4, 0.5) is 0 Å². The van der Waals surface area contributed by atoms with Crippen LogP contribution in [-0.4, -0.2) is 10.5 Å². The molecule has 0 spiro atoms. The predicted octanol–water partition coefficient (Wildman–Crippen LogP) is 3.24. The van der Waals surface area contributed by atoms with Crippen LogP contribution < -0.4 is 0 Å². The Morgan fingerprint density at radius 3 is 2.36 bits per heavy atom. The van der Waals surface area contributed by atoms with Gasteiger partial charge in [0.2, 0.25) is 0 Å². The van der Waals surface area contributed by atoms with Crippen molar-refractivity contribution in [3.8, 4) is 0 Å². The van der Waals surface area contributed by atoms with Gasteiger partial charge in [0.05, 0.1) is 0 Å². The molecule has 0 saturated heterocycles. The summed E-state index contributed by atoms with van der Waals surface area (Å²) in [5, 5.41) is 0. The van der Waals surface area contributed by atoms with Crippen LogP contribution in [0.2, 0.25) is 0 Å². The van der Waals surface area contributed by atoms with E-state index in [1.807, 2.05) is 24.3 Å². The van der Waals surface area contributed by atoms with E-state index in [0.717, 1.165) is 11.3 Å². The van der Waals surface area contributed by atoms with E-state index < -0.39 is 10.8 Å². The SMILES string of the molecule is CC/C(C)=C/c1ccc(S(C)=O)cc1. The second-order valence-corrected chi connectivity index (χ2v) is 4.75. The van der Waals surface area contributed by atoms with Crippen LogP contribution >= 0.6 is 0 Å². The molecule has 0 heterocycles. The molecule has 1 atom stereocenters. The van der Waals surface area contributed by atoms with E-state index in [4.69, 9.17) is 0 Å². The maximum absolute atomic E-state index is 11.1. The zero-order valence-corrected chi connectivity index (χ0v) is 9.73. The molecule has 0 aromatic heterocycles. The zero-order chi connectivity index (χ0) is 10.6. The van der Waals surface area contributed by atoms with Crippen molar-refractivity contribution in [2.45, 2.75) is 25.2 Å².